The lowest BCUT2D eigenvalue weighted by Crippen LogP contribution is -2.49. The van der Waals surface area contributed by atoms with Crippen molar-refractivity contribution in [2.24, 2.45) is 5.73 Å². The normalized spacial score (nSPS) is 14.4. The van der Waals surface area contributed by atoms with Crippen LogP contribution in [0.3, 0.4) is 0 Å². The van der Waals surface area contributed by atoms with Crippen molar-refractivity contribution in [2.45, 2.75) is 30.7 Å². The Kier molecular flexibility index (Phi) is 5.16. The Morgan fingerprint density at radius 1 is 1.26 bits per heavy atom. The van der Waals surface area contributed by atoms with Gasteiger partial charge in [0, 0.05) is 24.6 Å². The molecule has 1 aromatic rings. The molecule has 0 atom stereocenters. The van der Waals surface area contributed by atoms with E-state index in [4.69, 9.17) is 15.2 Å². The fourth-order valence-corrected chi connectivity index (χ4v) is 3.30. The molecule has 0 fully saturated rings. The van der Waals surface area contributed by atoms with Gasteiger partial charge in [0.15, 0.2) is 21.3 Å². The lowest BCUT2D eigenvalue weighted by molar-refractivity contribution is -0.122. The summed E-state index contributed by atoms with van der Waals surface area (Å²) in [5, 5.41) is 2.71. The highest BCUT2D eigenvalue weighted by Crippen LogP contribution is 2.32. The molecule has 0 aromatic heterocycles. The number of amides is 1. The highest BCUT2D eigenvalue weighted by molar-refractivity contribution is 7.91. The van der Waals surface area contributed by atoms with Crippen LogP contribution in [-0.4, -0.2) is 45.4 Å². The molecule has 128 valence electrons. The fraction of sp³-hybridized carbons (Fsp3) is 0.533. The molecule has 3 N–H and O–H groups in total. The first-order valence-corrected chi connectivity index (χ1v) is 9.02. The third-order valence-corrected chi connectivity index (χ3v) is 5.17. The molecule has 1 aliphatic heterocycles. The summed E-state index contributed by atoms with van der Waals surface area (Å²) >= 11 is 0. The summed E-state index contributed by atoms with van der Waals surface area (Å²) in [7, 11) is -3.58. The average molecular weight is 342 g/mol. The number of fused-ring (bicyclic) bond motifs is 1. The summed E-state index contributed by atoms with van der Waals surface area (Å²) < 4.78 is 35.5. The lowest BCUT2D eigenvalue weighted by atomic mass is 10.1. The van der Waals surface area contributed by atoms with Crippen molar-refractivity contribution >= 4 is 15.7 Å². The summed E-state index contributed by atoms with van der Waals surface area (Å²) in [6, 6.07) is 4.47. The molecule has 0 spiro atoms. The van der Waals surface area contributed by atoms with Gasteiger partial charge in [0.2, 0.25) is 5.91 Å². The van der Waals surface area contributed by atoms with Crippen LogP contribution in [0.2, 0.25) is 0 Å². The summed E-state index contributed by atoms with van der Waals surface area (Å²) in [6.07, 6.45) is -0.125. The van der Waals surface area contributed by atoms with E-state index in [9.17, 15) is 13.2 Å². The quantitative estimate of drug-likeness (QED) is 0.778. The number of rotatable bonds is 6. The smallest absolute Gasteiger partial charge is 0.221 e. The van der Waals surface area contributed by atoms with Crippen molar-refractivity contribution in [3.63, 3.8) is 0 Å². The first-order valence-electron chi connectivity index (χ1n) is 7.37. The molecule has 2 rings (SSSR count). The number of nitrogens with one attached hydrogen (secondary N) is 1. The van der Waals surface area contributed by atoms with Crippen LogP contribution in [0.5, 0.6) is 11.5 Å². The van der Waals surface area contributed by atoms with Crippen LogP contribution in [0, 0.1) is 0 Å². The molecule has 0 aliphatic carbocycles. The Bertz CT molecular complexity index is 685. The van der Waals surface area contributed by atoms with Gasteiger partial charge in [-0.3, -0.25) is 4.79 Å². The van der Waals surface area contributed by atoms with Gasteiger partial charge in [-0.1, -0.05) is 0 Å². The monoisotopic (exact) mass is 342 g/mol. The molecule has 23 heavy (non-hydrogen) atoms. The number of benzene rings is 1. The Labute approximate surface area is 136 Å². The van der Waals surface area contributed by atoms with E-state index in [-0.39, 0.29) is 29.5 Å². The molecule has 0 unspecified atom stereocenters. The van der Waals surface area contributed by atoms with E-state index in [0.29, 0.717) is 24.7 Å². The number of nitrogens with two attached hydrogens (primary N) is 1. The van der Waals surface area contributed by atoms with Crippen LogP contribution in [-0.2, 0) is 14.6 Å². The van der Waals surface area contributed by atoms with Crippen molar-refractivity contribution in [1.29, 1.82) is 0 Å². The SMILES string of the molecule is CC(C)(CN)NC(=O)CCS(=O)(=O)c1ccc2c(c1)OCCO2. The molecular formula is C15H22N2O5S. The first kappa shape index (κ1) is 17.6. The van der Waals surface area contributed by atoms with Crippen LogP contribution < -0.4 is 20.5 Å². The molecular weight excluding hydrogens is 320 g/mol. The van der Waals surface area contributed by atoms with Crippen LogP contribution in [0.15, 0.2) is 23.1 Å². The molecule has 0 saturated heterocycles. The van der Waals surface area contributed by atoms with E-state index in [1.54, 1.807) is 19.9 Å². The van der Waals surface area contributed by atoms with Crippen molar-refractivity contribution in [3.8, 4) is 11.5 Å². The maximum absolute atomic E-state index is 12.4. The minimum atomic E-state index is -3.58. The van der Waals surface area contributed by atoms with E-state index >= 15 is 0 Å². The van der Waals surface area contributed by atoms with E-state index in [1.807, 2.05) is 0 Å². The third kappa shape index (κ3) is 4.59. The topological polar surface area (TPSA) is 108 Å². The van der Waals surface area contributed by atoms with Gasteiger partial charge in [-0.15, -0.1) is 0 Å². The predicted octanol–water partition coefficient (Wildman–Crippen LogP) is 0.475. The fourth-order valence-electron chi connectivity index (χ4n) is 2.05. The number of hydrogen-bond acceptors (Lipinski definition) is 6. The van der Waals surface area contributed by atoms with Crippen LogP contribution in [0.25, 0.3) is 0 Å². The van der Waals surface area contributed by atoms with Crippen molar-refractivity contribution in [2.75, 3.05) is 25.5 Å². The van der Waals surface area contributed by atoms with Gasteiger partial charge in [-0.25, -0.2) is 8.42 Å². The zero-order valence-corrected chi connectivity index (χ0v) is 14.1. The van der Waals surface area contributed by atoms with E-state index in [1.165, 1.54) is 12.1 Å². The molecule has 0 radical (unpaired) electrons. The third-order valence-electron chi connectivity index (χ3n) is 3.46. The number of carbonyl (C=O) groups excluding carboxylic acids is 1. The minimum Gasteiger partial charge on any atom is -0.486 e. The zero-order chi connectivity index (χ0) is 17.1. The molecule has 1 amide bonds. The predicted molar refractivity (Wildman–Crippen MR) is 85.4 cm³/mol. The molecule has 1 aromatic carbocycles. The van der Waals surface area contributed by atoms with Crippen LogP contribution in [0.4, 0.5) is 0 Å². The highest BCUT2D eigenvalue weighted by Gasteiger charge is 2.23. The Morgan fingerprint density at radius 2 is 1.91 bits per heavy atom. The maximum atomic E-state index is 12.4. The Hall–Kier alpha value is -1.80. The van der Waals surface area contributed by atoms with Crippen molar-refractivity contribution in [3.05, 3.63) is 18.2 Å². The van der Waals surface area contributed by atoms with Crippen LogP contribution in [0.1, 0.15) is 20.3 Å². The van der Waals surface area contributed by atoms with E-state index in [0.717, 1.165) is 0 Å². The molecule has 8 heteroatoms. The lowest BCUT2D eigenvalue weighted by Gasteiger charge is -2.24. The standard InChI is InChI=1S/C15H22N2O5S/c1-15(2,10-16)17-14(18)5-8-23(19,20)11-3-4-12-13(9-11)22-7-6-21-12/h3-4,9H,5-8,10,16H2,1-2H3,(H,17,18). The first-order chi connectivity index (χ1) is 10.7. The summed E-state index contributed by atoms with van der Waals surface area (Å²) in [6.45, 7) is 4.65. The Balaban J connectivity index is 2.03. The second kappa shape index (κ2) is 6.76. The summed E-state index contributed by atoms with van der Waals surface area (Å²) in [5.74, 6) is 0.310. The van der Waals surface area contributed by atoms with Gasteiger partial charge < -0.3 is 20.5 Å². The maximum Gasteiger partial charge on any atom is 0.221 e. The Morgan fingerprint density at radius 3 is 2.57 bits per heavy atom. The van der Waals surface area contributed by atoms with Crippen molar-refractivity contribution < 1.29 is 22.7 Å². The molecule has 1 heterocycles. The largest absolute Gasteiger partial charge is 0.486 e. The van der Waals surface area contributed by atoms with Gasteiger partial charge in [0.05, 0.1) is 10.6 Å². The zero-order valence-electron chi connectivity index (χ0n) is 13.3. The van der Waals surface area contributed by atoms with Gasteiger partial charge in [0.25, 0.3) is 0 Å². The summed E-state index contributed by atoms with van der Waals surface area (Å²) in [4.78, 5) is 12.0. The molecule has 0 bridgehead atoms. The highest BCUT2D eigenvalue weighted by atomic mass is 32.2. The number of hydrogen-bond donors (Lipinski definition) is 2. The molecule has 0 saturated carbocycles. The molecule has 7 nitrogen and oxygen atoms in total. The minimum absolute atomic E-state index is 0.118. The average Bonchev–Trinajstić information content (AvgIpc) is 2.52. The van der Waals surface area contributed by atoms with Gasteiger partial charge >= 0.3 is 0 Å². The molecule has 1 aliphatic rings. The number of carbonyl (C=O) groups is 1. The van der Waals surface area contributed by atoms with Gasteiger partial charge in [-0.2, -0.15) is 0 Å². The second-order valence-electron chi connectivity index (χ2n) is 6.01. The summed E-state index contributed by atoms with van der Waals surface area (Å²) in [5.41, 5.74) is 4.98. The van der Waals surface area contributed by atoms with Crippen LogP contribution >= 0.6 is 0 Å². The van der Waals surface area contributed by atoms with E-state index in [2.05, 4.69) is 5.32 Å². The van der Waals surface area contributed by atoms with E-state index < -0.39 is 15.4 Å². The van der Waals surface area contributed by atoms with Gasteiger partial charge in [0.1, 0.15) is 13.2 Å². The number of sulfone groups is 1. The van der Waals surface area contributed by atoms with Crippen molar-refractivity contribution in [1.82, 2.24) is 5.32 Å². The second-order valence-corrected chi connectivity index (χ2v) is 8.12. The van der Waals surface area contributed by atoms with Gasteiger partial charge in [-0.05, 0) is 26.0 Å². The number of ether oxygens (including phenoxy) is 2.